The number of ether oxygens (including phenoxy) is 1. The van der Waals surface area contributed by atoms with Gasteiger partial charge in [0.2, 0.25) is 10.0 Å². The van der Waals surface area contributed by atoms with Gasteiger partial charge in [0.05, 0.1) is 18.5 Å². The topological polar surface area (TPSA) is 87.2 Å². The van der Waals surface area contributed by atoms with E-state index in [0.717, 1.165) is 19.6 Å². The first-order valence-corrected chi connectivity index (χ1v) is 11.7. The fourth-order valence-electron chi connectivity index (χ4n) is 3.30. The van der Waals surface area contributed by atoms with Crippen LogP contribution in [0.15, 0.2) is 17.5 Å². The Morgan fingerprint density at radius 1 is 1.34 bits per heavy atom. The van der Waals surface area contributed by atoms with Crippen LogP contribution in [0.1, 0.15) is 18.2 Å². The highest BCUT2D eigenvalue weighted by Crippen LogP contribution is 2.27. The molecule has 1 N–H and O–H groups in total. The molecule has 1 aromatic rings. The summed E-state index contributed by atoms with van der Waals surface area (Å²) >= 11 is 1.77. The van der Waals surface area contributed by atoms with Crippen molar-refractivity contribution in [3.63, 3.8) is 0 Å². The number of aliphatic carboxylic acids is 1. The van der Waals surface area contributed by atoms with E-state index in [1.54, 1.807) is 15.6 Å². The number of rotatable bonds is 5. The number of thiophene rings is 1. The molecule has 2 saturated heterocycles. The third-order valence-electron chi connectivity index (χ3n) is 4.64. The normalized spacial score (nSPS) is 23.7. The van der Waals surface area contributed by atoms with Crippen LogP contribution >= 0.6 is 11.3 Å². The lowest BCUT2D eigenvalue weighted by atomic mass is 10.1. The number of nitrogens with zero attached hydrogens (tertiary/aromatic N) is 2. The van der Waals surface area contributed by atoms with E-state index in [2.05, 4.69) is 22.4 Å². The number of alkyl halides is 3. The molecule has 2 aliphatic heterocycles. The van der Waals surface area contributed by atoms with E-state index in [1.807, 2.05) is 6.92 Å². The van der Waals surface area contributed by atoms with Crippen LogP contribution in [0.5, 0.6) is 0 Å². The maximum Gasteiger partial charge on any atom is 0.490 e. The van der Waals surface area contributed by atoms with Gasteiger partial charge in [0.15, 0.2) is 0 Å². The average molecular weight is 459 g/mol. The van der Waals surface area contributed by atoms with Crippen LogP contribution in [0.2, 0.25) is 0 Å². The minimum Gasteiger partial charge on any atom is -0.475 e. The van der Waals surface area contributed by atoms with E-state index >= 15 is 0 Å². The standard InChI is InChI=1S/C15H24N2O3S2.C2HF3O2/c1-2-8-22(18,19)17-10-13-9-16(5-6-20-15(13)12-17)11-14-4-3-7-21-14;3-2(4,5)1(6)7/h3-4,7,13,15H,2,5-6,8-12H2,1H3;(H,6,7)/t13-,15+;/m0./s1. The first-order valence-electron chi connectivity index (χ1n) is 9.17. The number of fused-ring (bicyclic) bond motifs is 1. The molecule has 0 saturated carbocycles. The monoisotopic (exact) mass is 458 g/mol. The summed E-state index contributed by atoms with van der Waals surface area (Å²) in [5, 5.41) is 9.22. The lowest BCUT2D eigenvalue weighted by Gasteiger charge is -2.22. The number of hydrogen-bond acceptors (Lipinski definition) is 6. The van der Waals surface area contributed by atoms with Gasteiger partial charge in [-0.05, 0) is 17.9 Å². The lowest BCUT2D eigenvalue weighted by Crippen LogP contribution is -2.34. The van der Waals surface area contributed by atoms with Crippen molar-refractivity contribution in [3.8, 4) is 0 Å². The number of halogens is 3. The predicted molar refractivity (Wildman–Crippen MR) is 102 cm³/mol. The number of hydrogen-bond donors (Lipinski definition) is 1. The molecule has 2 atom stereocenters. The Bertz CT molecular complexity index is 756. The Morgan fingerprint density at radius 3 is 2.59 bits per heavy atom. The second kappa shape index (κ2) is 10.2. The minimum absolute atomic E-state index is 0.0555. The van der Waals surface area contributed by atoms with Gasteiger partial charge in [-0.1, -0.05) is 13.0 Å². The van der Waals surface area contributed by atoms with Crippen LogP contribution in [0.3, 0.4) is 0 Å². The molecule has 3 heterocycles. The zero-order valence-corrected chi connectivity index (χ0v) is 17.6. The highest BCUT2D eigenvalue weighted by molar-refractivity contribution is 7.89. The van der Waals surface area contributed by atoms with E-state index < -0.39 is 22.2 Å². The first-order chi connectivity index (χ1) is 13.5. The van der Waals surface area contributed by atoms with Crippen LogP contribution in [0.4, 0.5) is 13.2 Å². The highest BCUT2D eigenvalue weighted by Gasteiger charge is 2.41. The summed E-state index contributed by atoms with van der Waals surface area (Å²) < 4.78 is 63.8. The molecule has 1 aromatic heterocycles. The molecular formula is C17H25F3N2O5S2. The quantitative estimate of drug-likeness (QED) is 0.729. The van der Waals surface area contributed by atoms with Crippen molar-refractivity contribution < 1.29 is 36.2 Å². The summed E-state index contributed by atoms with van der Waals surface area (Å²) in [7, 11) is -3.11. The molecule has 0 amide bonds. The largest absolute Gasteiger partial charge is 0.490 e. The van der Waals surface area contributed by atoms with Gasteiger partial charge in [0.1, 0.15) is 0 Å². The van der Waals surface area contributed by atoms with Gasteiger partial charge < -0.3 is 9.84 Å². The molecule has 3 rings (SSSR count). The van der Waals surface area contributed by atoms with Gasteiger partial charge in [-0.2, -0.15) is 17.5 Å². The molecule has 12 heteroatoms. The Morgan fingerprint density at radius 2 is 2.03 bits per heavy atom. The van der Waals surface area contributed by atoms with Crippen molar-refractivity contribution >= 4 is 27.3 Å². The van der Waals surface area contributed by atoms with E-state index in [-0.39, 0.29) is 17.8 Å². The Hall–Kier alpha value is -1.21. The molecule has 2 aliphatic rings. The van der Waals surface area contributed by atoms with Crippen LogP contribution in [0, 0.1) is 5.92 Å². The molecule has 166 valence electrons. The smallest absolute Gasteiger partial charge is 0.475 e. The maximum absolute atomic E-state index is 12.3. The number of carboxylic acids is 1. The van der Waals surface area contributed by atoms with E-state index in [0.29, 0.717) is 26.1 Å². The lowest BCUT2D eigenvalue weighted by molar-refractivity contribution is -0.192. The summed E-state index contributed by atoms with van der Waals surface area (Å²) in [5.41, 5.74) is 0. The molecule has 0 bridgehead atoms. The maximum atomic E-state index is 12.3. The van der Waals surface area contributed by atoms with Crippen LogP contribution in [-0.4, -0.2) is 79.5 Å². The zero-order valence-electron chi connectivity index (χ0n) is 16.0. The van der Waals surface area contributed by atoms with Crippen molar-refractivity contribution in [3.05, 3.63) is 22.4 Å². The van der Waals surface area contributed by atoms with Gasteiger partial charge in [0, 0.05) is 43.5 Å². The Balaban J connectivity index is 0.000000370. The van der Waals surface area contributed by atoms with Crippen molar-refractivity contribution in [1.82, 2.24) is 9.21 Å². The molecular weight excluding hydrogens is 433 g/mol. The second-order valence-electron chi connectivity index (χ2n) is 6.92. The van der Waals surface area contributed by atoms with E-state index in [4.69, 9.17) is 14.6 Å². The average Bonchev–Trinajstić information content (AvgIpc) is 3.22. The van der Waals surface area contributed by atoms with Gasteiger partial charge in [-0.25, -0.2) is 13.2 Å². The fraction of sp³-hybridized carbons (Fsp3) is 0.706. The van der Waals surface area contributed by atoms with Crippen molar-refractivity contribution in [1.29, 1.82) is 0 Å². The van der Waals surface area contributed by atoms with E-state index in [9.17, 15) is 21.6 Å². The predicted octanol–water partition coefficient (Wildman–Crippen LogP) is 2.25. The van der Waals surface area contributed by atoms with Crippen LogP contribution in [-0.2, 0) is 26.1 Å². The molecule has 0 aromatic carbocycles. The zero-order chi connectivity index (χ0) is 21.7. The van der Waals surface area contributed by atoms with E-state index in [1.165, 1.54) is 4.88 Å². The summed E-state index contributed by atoms with van der Waals surface area (Å²) in [5.74, 6) is -2.23. The fourth-order valence-corrected chi connectivity index (χ4v) is 5.62. The third-order valence-corrected chi connectivity index (χ3v) is 7.51. The summed E-state index contributed by atoms with van der Waals surface area (Å²) in [6.07, 6.45) is -4.36. The first kappa shape index (κ1) is 24.1. The number of carbonyl (C=O) groups is 1. The minimum atomic E-state index is -5.08. The van der Waals surface area contributed by atoms with Crippen LogP contribution in [0.25, 0.3) is 0 Å². The summed E-state index contributed by atoms with van der Waals surface area (Å²) in [6.45, 7) is 6.51. The highest BCUT2D eigenvalue weighted by atomic mass is 32.2. The van der Waals surface area contributed by atoms with Crippen LogP contribution < -0.4 is 0 Å². The Kier molecular flexibility index (Phi) is 8.47. The van der Waals surface area contributed by atoms with Crippen molar-refractivity contribution in [2.75, 3.05) is 38.5 Å². The molecule has 0 unspecified atom stereocenters. The number of carboxylic acid groups (broad SMARTS) is 1. The van der Waals surface area contributed by atoms with Gasteiger partial charge in [0.25, 0.3) is 0 Å². The summed E-state index contributed by atoms with van der Waals surface area (Å²) in [4.78, 5) is 12.6. The molecule has 2 fully saturated rings. The van der Waals surface area contributed by atoms with Crippen molar-refractivity contribution in [2.24, 2.45) is 5.92 Å². The summed E-state index contributed by atoms with van der Waals surface area (Å²) in [6, 6.07) is 4.23. The molecule has 7 nitrogen and oxygen atoms in total. The number of sulfonamides is 1. The third kappa shape index (κ3) is 7.21. The Labute approximate surface area is 172 Å². The molecule has 0 radical (unpaired) electrons. The molecule has 29 heavy (non-hydrogen) atoms. The molecule has 0 spiro atoms. The van der Waals surface area contributed by atoms with Gasteiger partial charge >= 0.3 is 12.1 Å². The molecule has 0 aliphatic carbocycles. The van der Waals surface area contributed by atoms with Gasteiger partial charge in [-0.15, -0.1) is 11.3 Å². The van der Waals surface area contributed by atoms with Crippen molar-refractivity contribution in [2.45, 2.75) is 32.2 Å². The SMILES string of the molecule is CCCS(=O)(=O)N1C[C@@H]2CN(Cc3cccs3)CCO[C@@H]2C1.O=C(O)C(F)(F)F. The van der Waals surface area contributed by atoms with Gasteiger partial charge in [-0.3, -0.25) is 4.90 Å². The second-order valence-corrected chi connectivity index (χ2v) is 10.0.